The van der Waals surface area contributed by atoms with Crippen LogP contribution in [-0.2, 0) is 14.9 Å². The molecule has 0 spiro atoms. The molecular weight excluding hydrogens is 263 g/mol. The summed E-state index contributed by atoms with van der Waals surface area (Å²) in [7, 11) is -5.84. The van der Waals surface area contributed by atoms with Crippen LogP contribution in [0.5, 0.6) is 0 Å². The van der Waals surface area contributed by atoms with E-state index in [1.807, 2.05) is 6.92 Å². The van der Waals surface area contributed by atoms with Crippen molar-refractivity contribution in [2.45, 2.75) is 51.5 Å². The molecule has 9 heteroatoms. The van der Waals surface area contributed by atoms with Crippen molar-refractivity contribution in [2.75, 3.05) is 0 Å². The van der Waals surface area contributed by atoms with E-state index in [2.05, 4.69) is 13.8 Å². The smallest absolute Gasteiger partial charge is 0.361 e. The van der Waals surface area contributed by atoms with Crippen LogP contribution in [0.3, 0.4) is 0 Å². The van der Waals surface area contributed by atoms with Gasteiger partial charge in [-0.25, -0.2) is 0 Å². The number of alkyl halides is 3. The first-order valence-corrected chi connectivity index (χ1v) is 6.34. The third kappa shape index (κ3) is 10.5. The van der Waals surface area contributed by atoms with Crippen LogP contribution in [0, 0.1) is 0 Å². The largest absolute Gasteiger partial charge is 0.522 e. The summed E-state index contributed by atoms with van der Waals surface area (Å²) in [5.74, 6) is 0. The maximum atomic E-state index is 10.7. The minimum absolute atomic E-state index is 0.116. The fraction of sp³-hybridized carbons (Fsp3) is 1.00. The lowest BCUT2D eigenvalue weighted by molar-refractivity contribution is -0.0510. The third-order valence-electron chi connectivity index (χ3n) is 1.61. The maximum Gasteiger partial charge on any atom is 0.522 e. The highest BCUT2D eigenvalue weighted by molar-refractivity contribution is 7.86. The zero-order chi connectivity index (χ0) is 14.3. The van der Waals surface area contributed by atoms with Crippen LogP contribution < -0.4 is 5.73 Å². The molecular formula is C8H18F3NO4S. The number of nitrogens with two attached hydrogens (primary N) is 1. The SMILES string of the molecule is CCC(CC)OC(C)N.O=S(=O)(O)C(F)(F)F. The van der Waals surface area contributed by atoms with E-state index in [1.54, 1.807) is 0 Å². The quantitative estimate of drug-likeness (QED) is 0.466. The molecule has 17 heavy (non-hydrogen) atoms. The summed E-state index contributed by atoms with van der Waals surface area (Å²) in [5, 5.41) is 0. The van der Waals surface area contributed by atoms with Crippen molar-refractivity contribution in [3.8, 4) is 0 Å². The average molecular weight is 281 g/mol. The molecule has 0 rings (SSSR count). The summed E-state index contributed by atoms with van der Waals surface area (Å²) in [4.78, 5) is 0. The molecule has 1 atom stereocenters. The fourth-order valence-electron chi connectivity index (χ4n) is 0.785. The first-order chi connectivity index (χ1) is 7.45. The third-order valence-corrected chi connectivity index (χ3v) is 2.20. The van der Waals surface area contributed by atoms with E-state index >= 15 is 0 Å². The van der Waals surface area contributed by atoms with Crippen molar-refractivity contribution in [2.24, 2.45) is 5.73 Å². The number of ether oxygens (including phenoxy) is 1. The Balaban J connectivity index is 0. The van der Waals surface area contributed by atoms with Gasteiger partial charge in [0.15, 0.2) is 0 Å². The monoisotopic (exact) mass is 281 g/mol. The predicted octanol–water partition coefficient (Wildman–Crippen LogP) is 1.89. The maximum absolute atomic E-state index is 10.7. The van der Waals surface area contributed by atoms with Crippen LogP contribution in [0.25, 0.3) is 0 Å². The zero-order valence-corrected chi connectivity index (χ0v) is 10.7. The Kier molecular flexibility index (Phi) is 8.76. The van der Waals surface area contributed by atoms with E-state index in [0.29, 0.717) is 6.10 Å². The van der Waals surface area contributed by atoms with Crippen LogP contribution in [-0.4, -0.2) is 30.8 Å². The van der Waals surface area contributed by atoms with E-state index in [0.717, 1.165) is 12.8 Å². The van der Waals surface area contributed by atoms with Gasteiger partial charge in [0.2, 0.25) is 0 Å². The van der Waals surface area contributed by atoms with Crippen LogP contribution in [0.4, 0.5) is 13.2 Å². The summed E-state index contributed by atoms with van der Waals surface area (Å²) >= 11 is 0. The molecule has 0 aromatic carbocycles. The Morgan fingerprint density at radius 3 is 1.65 bits per heavy atom. The summed E-state index contributed by atoms with van der Waals surface area (Å²) < 4.78 is 62.9. The van der Waals surface area contributed by atoms with Gasteiger partial charge in [0, 0.05) is 0 Å². The number of halogens is 3. The van der Waals surface area contributed by atoms with Crippen LogP contribution >= 0.6 is 0 Å². The predicted molar refractivity (Wildman–Crippen MR) is 56.7 cm³/mol. The van der Waals surface area contributed by atoms with Gasteiger partial charge in [-0.3, -0.25) is 4.55 Å². The Bertz CT molecular complexity index is 286. The molecule has 0 bridgehead atoms. The van der Waals surface area contributed by atoms with Gasteiger partial charge in [-0.2, -0.15) is 21.6 Å². The van der Waals surface area contributed by atoms with Gasteiger partial charge >= 0.3 is 15.6 Å². The van der Waals surface area contributed by atoms with Gasteiger partial charge in [-0.15, -0.1) is 0 Å². The van der Waals surface area contributed by atoms with Crippen molar-refractivity contribution < 1.29 is 30.9 Å². The highest BCUT2D eigenvalue weighted by Crippen LogP contribution is 2.20. The van der Waals surface area contributed by atoms with Crippen molar-refractivity contribution in [1.29, 1.82) is 0 Å². The van der Waals surface area contributed by atoms with Gasteiger partial charge in [0.1, 0.15) is 6.23 Å². The molecule has 0 saturated heterocycles. The Hall–Kier alpha value is -0.380. The molecule has 1 unspecified atom stereocenters. The van der Waals surface area contributed by atoms with Crippen molar-refractivity contribution in [3.05, 3.63) is 0 Å². The van der Waals surface area contributed by atoms with E-state index in [9.17, 15) is 13.2 Å². The minimum Gasteiger partial charge on any atom is -0.361 e. The standard InChI is InChI=1S/C7H17NO.CHF3O3S/c1-4-7(5-2)9-6(3)8;2-1(3,4)8(5,6)7/h6-7H,4-5,8H2,1-3H3;(H,5,6,7). The fourth-order valence-corrected chi connectivity index (χ4v) is 0.785. The van der Waals surface area contributed by atoms with Gasteiger partial charge in [0.05, 0.1) is 6.10 Å². The van der Waals surface area contributed by atoms with Crippen molar-refractivity contribution in [1.82, 2.24) is 0 Å². The lowest BCUT2D eigenvalue weighted by Crippen LogP contribution is -2.25. The number of hydrogen-bond donors (Lipinski definition) is 2. The average Bonchev–Trinajstić information content (AvgIpc) is 2.11. The van der Waals surface area contributed by atoms with E-state index in [4.69, 9.17) is 23.4 Å². The van der Waals surface area contributed by atoms with E-state index < -0.39 is 15.6 Å². The highest BCUT2D eigenvalue weighted by atomic mass is 32.2. The first-order valence-electron chi connectivity index (χ1n) is 4.90. The van der Waals surface area contributed by atoms with Crippen molar-refractivity contribution >= 4 is 10.1 Å². The molecule has 5 nitrogen and oxygen atoms in total. The van der Waals surface area contributed by atoms with E-state index in [-0.39, 0.29) is 6.23 Å². The van der Waals surface area contributed by atoms with Crippen LogP contribution in [0.1, 0.15) is 33.6 Å². The lowest BCUT2D eigenvalue weighted by atomic mass is 10.2. The molecule has 106 valence electrons. The van der Waals surface area contributed by atoms with Gasteiger partial charge in [0.25, 0.3) is 0 Å². The topological polar surface area (TPSA) is 89.6 Å². The molecule has 0 aliphatic rings. The second-order valence-electron chi connectivity index (χ2n) is 3.20. The molecule has 0 aliphatic carbocycles. The molecule has 0 aromatic rings. The molecule has 0 radical (unpaired) electrons. The second kappa shape index (κ2) is 7.85. The van der Waals surface area contributed by atoms with E-state index in [1.165, 1.54) is 0 Å². The molecule has 0 saturated carbocycles. The van der Waals surface area contributed by atoms with Crippen LogP contribution in [0.2, 0.25) is 0 Å². The normalized spacial score (nSPS) is 14.2. The minimum atomic E-state index is -5.84. The first kappa shape index (κ1) is 19.0. The van der Waals surface area contributed by atoms with Crippen molar-refractivity contribution in [3.63, 3.8) is 0 Å². The Labute approximate surface area is 98.9 Å². The number of hydrogen-bond acceptors (Lipinski definition) is 4. The van der Waals surface area contributed by atoms with Crippen LogP contribution in [0.15, 0.2) is 0 Å². The summed E-state index contributed by atoms with van der Waals surface area (Å²) in [6.07, 6.45) is 2.34. The van der Waals surface area contributed by atoms with Gasteiger partial charge < -0.3 is 10.5 Å². The van der Waals surface area contributed by atoms with Gasteiger partial charge in [-0.05, 0) is 19.8 Å². The number of rotatable bonds is 4. The Morgan fingerprint density at radius 2 is 1.59 bits per heavy atom. The van der Waals surface area contributed by atoms with Gasteiger partial charge in [-0.1, -0.05) is 13.8 Å². The summed E-state index contributed by atoms with van der Waals surface area (Å²) in [6, 6.07) is 0. The summed E-state index contributed by atoms with van der Waals surface area (Å²) in [5.41, 5.74) is -0.112. The zero-order valence-electron chi connectivity index (χ0n) is 9.86. The second-order valence-corrected chi connectivity index (χ2v) is 4.61. The molecule has 0 heterocycles. The Morgan fingerprint density at radius 1 is 1.29 bits per heavy atom. The molecule has 0 fully saturated rings. The molecule has 0 amide bonds. The lowest BCUT2D eigenvalue weighted by Gasteiger charge is -2.16. The summed E-state index contributed by atoms with van der Waals surface area (Å²) in [6.45, 7) is 6.07. The molecule has 0 aliphatic heterocycles. The molecule has 3 N–H and O–H groups in total. The highest BCUT2D eigenvalue weighted by Gasteiger charge is 2.44. The molecule has 0 aromatic heterocycles.